The fourth-order valence-corrected chi connectivity index (χ4v) is 4.00. The molecule has 0 aliphatic carbocycles. The van der Waals surface area contributed by atoms with Crippen LogP contribution in [-0.4, -0.2) is 66.0 Å². The number of halogens is 1. The highest BCUT2D eigenvalue weighted by Gasteiger charge is 2.30. The van der Waals surface area contributed by atoms with Gasteiger partial charge in [0.2, 0.25) is 5.82 Å². The van der Waals surface area contributed by atoms with E-state index in [1.807, 2.05) is 13.8 Å². The highest BCUT2D eigenvalue weighted by molar-refractivity contribution is 5.98. The number of aromatic nitrogens is 2. The largest absolute Gasteiger partial charge is 0.478 e. The molecule has 2 aliphatic heterocycles. The number of benzene rings is 1. The Balaban J connectivity index is 1.40. The fourth-order valence-electron chi connectivity index (χ4n) is 4.00. The van der Waals surface area contributed by atoms with Crippen molar-refractivity contribution in [1.82, 2.24) is 20.2 Å². The van der Waals surface area contributed by atoms with Crippen LogP contribution in [0, 0.1) is 12.7 Å². The average Bonchev–Trinajstić information content (AvgIpc) is 2.81. The average molecular weight is 442 g/mol. The number of ether oxygens (including phenoxy) is 1. The predicted molar refractivity (Wildman–Crippen MR) is 117 cm³/mol. The number of nitrogens with zero attached hydrogens (tertiary/aromatic N) is 4. The summed E-state index contributed by atoms with van der Waals surface area (Å²) in [4.78, 5) is 36.6. The minimum Gasteiger partial charge on any atom is -0.478 e. The first-order chi connectivity index (χ1) is 15.4. The van der Waals surface area contributed by atoms with Crippen LogP contribution in [0.25, 0.3) is 0 Å². The zero-order chi connectivity index (χ0) is 22.8. The van der Waals surface area contributed by atoms with Crippen LogP contribution in [0.15, 0.2) is 18.3 Å². The Morgan fingerprint density at radius 2 is 2.06 bits per heavy atom. The molecule has 1 aromatic heterocycles. The maximum absolute atomic E-state index is 15.1. The van der Waals surface area contributed by atoms with Crippen LogP contribution in [0.5, 0.6) is 5.75 Å². The molecule has 0 saturated carbocycles. The SMILES string of the molecule is CCC1Oc2ccc(CN3CCN(c4cnc(C(=O)NC)nc4C)CC3)c(F)c2NC1=O. The lowest BCUT2D eigenvalue weighted by Gasteiger charge is -2.36. The summed E-state index contributed by atoms with van der Waals surface area (Å²) >= 11 is 0. The van der Waals surface area contributed by atoms with Crippen molar-refractivity contribution in [2.24, 2.45) is 0 Å². The Labute approximate surface area is 186 Å². The monoisotopic (exact) mass is 442 g/mol. The lowest BCUT2D eigenvalue weighted by molar-refractivity contribution is -0.123. The molecule has 2 amide bonds. The van der Waals surface area contributed by atoms with Crippen LogP contribution in [0.4, 0.5) is 15.8 Å². The molecule has 3 heterocycles. The normalized spacial score (nSPS) is 18.6. The maximum Gasteiger partial charge on any atom is 0.288 e. The van der Waals surface area contributed by atoms with E-state index in [4.69, 9.17) is 4.74 Å². The molecule has 4 rings (SSSR count). The van der Waals surface area contributed by atoms with Gasteiger partial charge in [-0.1, -0.05) is 13.0 Å². The minimum atomic E-state index is -0.585. The third-order valence-electron chi connectivity index (χ3n) is 5.85. The van der Waals surface area contributed by atoms with Gasteiger partial charge in [-0.05, 0) is 19.4 Å². The lowest BCUT2D eigenvalue weighted by Crippen LogP contribution is -2.46. The number of anilines is 2. The summed E-state index contributed by atoms with van der Waals surface area (Å²) in [6.45, 7) is 7.07. The molecule has 2 N–H and O–H groups in total. The fraction of sp³-hybridized carbons (Fsp3) is 0.455. The molecule has 10 heteroatoms. The number of hydrogen-bond acceptors (Lipinski definition) is 7. The van der Waals surface area contributed by atoms with E-state index in [9.17, 15) is 9.59 Å². The van der Waals surface area contributed by atoms with Crippen LogP contribution >= 0.6 is 0 Å². The lowest BCUT2D eigenvalue weighted by atomic mass is 10.1. The van der Waals surface area contributed by atoms with Gasteiger partial charge in [0, 0.05) is 45.3 Å². The second kappa shape index (κ2) is 9.07. The molecule has 2 aliphatic rings. The molecule has 32 heavy (non-hydrogen) atoms. The summed E-state index contributed by atoms with van der Waals surface area (Å²) in [5.41, 5.74) is 2.28. The molecule has 1 aromatic carbocycles. The number of hydrogen-bond donors (Lipinski definition) is 2. The Morgan fingerprint density at radius 1 is 1.31 bits per heavy atom. The number of amides is 2. The van der Waals surface area contributed by atoms with Crippen LogP contribution in [-0.2, 0) is 11.3 Å². The van der Waals surface area contributed by atoms with Crippen molar-refractivity contribution in [3.63, 3.8) is 0 Å². The quantitative estimate of drug-likeness (QED) is 0.727. The van der Waals surface area contributed by atoms with Crippen molar-refractivity contribution >= 4 is 23.2 Å². The van der Waals surface area contributed by atoms with E-state index in [0.29, 0.717) is 24.3 Å². The van der Waals surface area contributed by atoms with Gasteiger partial charge in [0.1, 0.15) is 11.4 Å². The van der Waals surface area contributed by atoms with Gasteiger partial charge in [0.15, 0.2) is 11.9 Å². The Morgan fingerprint density at radius 3 is 2.72 bits per heavy atom. The molecule has 1 atom stereocenters. The Hall–Kier alpha value is -3.27. The predicted octanol–water partition coefficient (Wildman–Crippen LogP) is 1.72. The standard InChI is InChI=1S/C22H27FN6O3/c1-4-16-21(30)27-19-17(32-16)6-5-14(18(19)23)12-28-7-9-29(10-8-28)15-11-25-20(22(31)24-3)26-13(15)2/h5-6,11,16H,4,7-10,12H2,1-3H3,(H,24,31)(H,27,30). The van der Waals surface area contributed by atoms with Gasteiger partial charge < -0.3 is 20.3 Å². The smallest absolute Gasteiger partial charge is 0.288 e. The summed E-state index contributed by atoms with van der Waals surface area (Å²) in [6, 6.07) is 3.45. The summed E-state index contributed by atoms with van der Waals surface area (Å²) < 4.78 is 20.7. The zero-order valence-corrected chi connectivity index (χ0v) is 18.4. The van der Waals surface area contributed by atoms with E-state index in [2.05, 4.69) is 30.4 Å². The van der Waals surface area contributed by atoms with Gasteiger partial charge in [0.05, 0.1) is 17.6 Å². The van der Waals surface area contributed by atoms with E-state index < -0.39 is 11.9 Å². The second-order valence-corrected chi connectivity index (χ2v) is 7.92. The molecule has 0 bridgehead atoms. The number of fused-ring (bicyclic) bond motifs is 1. The number of carbonyl (C=O) groups excluding carboxylic acids is 2. The van der Waals surface area contributed by atoms with E-state index in [1.165, 1.54) is 0 Å². The summed E-state index contributed by atoms with van der Waals surface area (Å²) in [5.74, 6) is -0.551. The molecular formula is C22H27FN6O3. The van der Waals surface area contributed by atoms with Crippen molar-refractivity contribution in [3.05, 3.63) is 41.2 Å². The van der Waals surface area contributed by atoms with E-state index in [1.54, 1.807) is 25.4 Å². The molecule has 9 nitrogen and oxygen atoms in total. The molecule has 0 radical (unpaired) electrons. The van der Waals surface area contributed by atoms with Crippen molar-refractivity contribution in [3.8, 4) is 5.75 Å². The van der Waals surface area contributed by atoms with Gasteiger partial charge in [-0.2, -0.15) is 0 Å². The maximum atomic E-state index is 15.1. The van der Waals surface area contributed by atoms with Crippen LogP contribution in [0.1, 0.15) is 35.2 Å². The van der Waals surface area contributed by atoms with Crippen molar-refractivity contribution < 1.29 is 18.7 Å². The summed E-state index contributed by atoms with van der Waals surface area (Å²) in [6.07, 6.45) is 1.62. The van der Waals surface area contributed by atoms with Crippen molar-refractivity contribution in [2.45, 2.75) is 32.9 Å². The first-order valence-corrected chi connectivity index (χ1v) is 10.7. The molecule has 0 spiro atoms. The second-order valence-electron chi connectivity index (χ2n) is 7.92. The van der Waals surface area contributed by atoms with E-state index in [-0.39, 0.29) is 23.3 Å². The van der Waals surface area contributed by atoms with Gasteiger partial charge in [-0.15, -0.1) is 0 Å². The van der Waals surface area contributed by atoms with Gasteiger partial charge in [0.25, 0.3) is 11.8 Å². The topological polar surface area (TPSA) is 99.7 Å². The first kappa shape index (κ1) is 21.9. The number of piperazine rings is 1. The molecule has 170 valence electrons. The number of carbonyl (C=O) groups is 2. The van der Waals surface area contributed by atoms with Crippen molar-refractivity contribution in [1.29, 1.82) is 0 Å². The number of rotatable bonds is 5. The highest BCUT2D eigenvalue weighted by atomic mass is 19.1. The van der Waals surface area contributed by atoms with Crippen LogP contribution in [0.2, 0.25) is 0 Å². The minimum absolute atomic E-state index is 0.125. The number of aryl methyl sites for hydroxylation is 1. The molecule has 1 unspecified atom stereocenters. The third kappa shape index (κ3) is 4.22. The van der Waals surface area contributed by atoms with Gasteiger partial charge >= 0.3 is 0 Å². The Kier molecular flexibility index (Phi) is 6.22. The first-order valence-electron chi connectivity index (χ1n) is 10.7. The molecule has 1 fully saturated rings. The zero-order valence-electron chi connectivity index (χ0n) is 18.4. The van der Waals surface area contributed by atoms with Crippen molar-refractivity contribution in [2.75, 3.05) is 43.4 Å². The third-order valence-corrected chi connectivity index (χ3v) is 5.85. The Bertz CT molecular complexity index is 1040. The number of nitrogens with one attached hydrogen (secondary N) is 2. The summed E-state index contributed by atoms with van der Waals surface area (Å²) in [7, 11) is 1.54. The highest BCUT2D eigenvalue weighted by Crippen LogP contribution is 2.35. The molecule has 2 aromatic rings. The van der Waals surface area contributed by atoms with Gasteiger partial charge in [-0.3, -0.25) is 14.5 Å². The summed E-state index contributed by atoms with van der Waals surface area (Å²) in [5, 5.41) is 5.17. The van der Waals surface area contributed by atoms with E-state index in [0.717, 1.165) is 37.6 Å². The van der Waals surface area contributed by atoms with E-state index >= 15 is 4.39 Å². The van der Waals surface area contributed by atoms with Crippen LogP contribution in [0.3, 0.4) is 0 Å². The molecular weight excluding hydrogens is 415 g/mol. The van der Waals surface area contributed by atoms with Crippen LogP contribution < -0.4 is 20.3 Å². The van der Waals surface area contributed by atoms with Gasteiger partial charge in [-0.25, -0.2) is 14.4 Å². The molecule has 1 saturated heterocycles.